The van der Waals surface area contributed by atoms with Gasteiger partial charge in [0.1, 0.15) is 13.2 Å². The molecule has 122 valence electrons. The average Bonchev–Trinajstić information content (AvgIpc) is 2.47. The summed E-state index contributed by atoms with van der Waals surface area (Å²) in [6, 6.07) is 0. The van der Waals surface area contributed by atoms with Gasteiger partial charge in [-0.1, -0.05) is 38.5 Å². The van der Waals surface area contributed by atoms with Gasteiger partial charge in [-0.15, -0.1) is 0 Å². The molecule has 0 spiro atoms. The number of hydrogen-bond acceptors (Lipinski definition) is 5. The van der Waals surface area contributed by atoms with Gasteiger partial charge in [-0.2, -0.15) is 0 Å². The molecule has 1 aliphatic rings. The van der Waals surface area contributed by atoms with Crippen LogP contribution >= 0.6 is 0 Å². The van der Waals surface area contributed by atoms with Crippen molar-refractivity contribution in [3.63, 3.8) is 0 Å². The van der Waals surface area contributed by atoms with E-state index in [1.54, 1.807) is 0 Å². The maximum absolute atomic E-state index is 11.4. The highest BCUT2D eigenvalue weighted by Crippen LogP contribution is 2.11. The number of cyclic esters (lactones) is 2. The van der Waals surface area contributed by atoms with Gasteiger partial charge < -0.3 is 14.2 Å². The molecule has 0 N–H and O–H groups in total. The summed E-state index contributed by atoms with van der Waals surface area (Å²) < 4.78 is 15.4. The molecule has 1 aliphatic heterocycles. The third-order valence-electron chi connectivity index (χ3n) is 3.49. The summed E-state index contributed by atoms with van der Waals surface area (Å²) in [6.07, 6.45) is 9.70. The van der Waals surface area contributed by atoms with Crippen molar-refractivity contribution in [1.82, 2.24) is 0 Å². The number of ether oxygens (including phenoxy) is 3. The third-order valence-corrected chi connectivity index (χ3v) is 3.49. The molecule has 0 radical (unpaired) electrons. The summed E-state index contributed by atoms with van der Waals surface area (Å²) >= 11 is 0. The van der Waals surface area contributed by atoms with E-state index in [9.17, 15) is 9.59 Å². The lowest BCUT2D eigenvalue weighted by atomic mass is 10.1. The van der Waals surface area contributed by atoms with Crippen LogP contribution in [0.3, 0.4) is 0 Å². The largest absolute Gasteiger partial charge is 0.463 e. The fraction of sp³-hybridized carbons (Fsp3) is 0.875. The van der Waals surface area contributed by atoms with Crippen molar-refractivity contribution < 1.29 is 23.8 Å². The van der Waals surface area contributed by atoms with Crippen LogP contribution < -0.4 is 0 Å². The Bertz CT molecular complexity index is 262. The topological polar surface area (TPSA) is 61.8 Å². The predicted octanol–water partition coefficient (Wildman–Crippen LogP) is 3.00. The summed E-state index contributed by atoms with van der Waals surface area (Å²) in [5.74, 6) is -0.300. The zero-order chi connectivity index (χ0) is 15.2. The Balaban J connectivity index is 2.19. The van der Waals surface area contributed by atoms with E-state index < -0.39 is 0 Å². The van der Waals surface area contributed by atoms with E-state index in [1.807, 2.05) is 0 Å². The summed E-state index contributed by atoms with van der Waals surface area (Å²) in [7, 11) is 0. The highest BCUT2D eigenvalue weighted by atomic mass is 16.6. The van der Waals surface area contributed by atoms with E-state index in [0.717, 1.165) is 25.7 Å². The van der Waals surface area contributed by atoms with Gasteiger partial charge in [0, 0.05) is 12.8 Å². The fourth-order valence-electron chi connectivity index (χ4n) is 2.27. The molecule has 0 aromatic carbocycles. The Labute approximate surface area is 127 Å². The van der Waals surface area contributed by atoms with Gasteiger partial charge in [0.25, 0.3) is 0 Å². The van der Waals surface area contributed by atoms with E-state index in [-0.39, 0.29) is 25.2 Å². The Kier molecular flexibility index (Phi) is 10.8. The molecular formula is C16H28O5. The van der Waals surface area contributed by atoms with Gasteiger partial charge >= 0.3 is 11.9 Å². The predicted molar refractivity (Wildman–Crippen MR) is 78.9 cm³/mol. The first-order chi connectivity index (χ1) is 10.3. The number of hydrogen-bond donors (Lipinski definition) is 0. The van der Waals surface area contributed by atoms with E-state index in [1.165, 1.54) is 25.7 Å². The molecule has 1 heterocycles. The van der Waals surface area contributed by atoms with Crippen LogP contribution in [0.25, 0.3) is 0 Å². The van der Waals surface area contributed by atoms with Gasteiger partial charge in [0.2, 0.25) is 0 Å². The Hall–Kier alpha value is -1.10. The summed E-state index contributed by atoms with van der Waals surface area (Å²) in [5, 5.41) is 0. The molecule has 0 aromatic heterocycles. The Morgan fingerprint density at radius 3 is 1.33 bits per heavy atom. The molecule has 5 heteroatoms. The van der Waals surface area contributed by atoms with E-state index in [2.05, 4.69) is 0 Å². The van der Waals surface area contributed by atoms with E-state index in [4.69, 9.17) is 14.2 Å². The van der Waals surface area contributed by atoms with Crippen LogP contribution in [-0.4, -0.2) is 38.4 Å². The van der Waals surface area contributed by atoms with Crippen LogP contribution in [0.5, 0.6) is 0 Å². The molecule has 0 amide bonds. The highest BCUT2D eigenvalue weighted by Gasteiger charge is 2.05. The number of esters is 2. The minimum atomic E-state index is -0.150. The first kappa shape index (κ1) is 18.0. The monoisotopic (exact) mass is 300 g/mol. The van der Waals surface area contributed by atoms with Crippen molar-refractivity contribution in [2.45, 2.75) is 64.2 Å². The van der Waals surface area contributed by atoms with E-state index in [0.29, 0.717) is 26.1 Å². The second-order valence-electron chi connectivity index (χ2n) is 5.38. The molecule has 0 atom stereocenters. The lowest BCUT2D eigenvalue weighted by molar-refractivity contribution is -0.146. The molecule has 0 aromatic rings. The molecule has 0 aliphatic carbocycles. The first-order valence-corrected chi connectivity index (χ1v) is 8.18. The molecule has 21 heavy (non-hydrogen) atoms. The minimum Gasteiger partial charge on any atom is -0.463 e. The number of rotatable bonds is 0. The van der Waals surface area contributed by atoms with E-state index >= 15 is 0 Å². The van der Waals surface area contributed by atoms with Crippen molar-refractivity contribution in [2.24, 2.45) is 0 Å². The van der Waals surface area contributed by atoms with Crippen molar-refractivity contribution >= 4 is 11.9 Å². The van der Waals surface area contributed by atoms with Gasteiger partial charge in [0.15, 0.2) is 0 Å². The minimum absolute atomic E-state index is 0.150. The van der Waals surface area contributed by atoms with Crippen LogP contribution in [0.4, 0.5) is 0 Å². The standard InChI is InChI=1S/C16H28O5/c17-15-9-7-5-3-1-2-4-6-8-10-16(18)21-14-12-19-11-13-20-15/h1-14H2. The lowest BCUT2D eigenvalue weighted by Gasteiger charge is -2.07. The zero-order valence-electron chi connectivity index (χ0n) is 12.9. The molecule has 0 saturated carbocycles. The second-order valence-corrected chi connectivity index (χ2v) is 5.38. The number of carbonyl (C=O) groups is 2. The second kappa shape index (κ2) is 12.6. The van der Waals surface area contributed by atoms with Gasteiger partial charge in [-0.3, -0.25) is 9.59 Å². The lowest BCUT2D eigenvalue weighted by Crippen LogP contribution is -2.14. The van der Waals surface area contributed by atoms with Crippen LogP contribution in [0, 0.1) is 0 Å². The van der Waals surface area contributed by atoms with Crippen molar-refractivity contribution in [1.29, 1.82) is 0 Å². The normalized spacial score (nSPS) is 22.3. The maximum Gasteiger partial charge on any atom is 0.305 e. The molecule has 5 nitrogen and oxygen atoms in total. The summed E-state index contributed by atoms with van der Waals surface area (Å²) in [4.78, 5) is 22.8. The summed E-state index contributed by atoms with van der Waals surface area (Å²) in [6.45, 7) is 1.24. The molecule has 1 rings (SSSR count). The molecule has 0 unspecified atom stereocenters. The number of carbonyl (C=O) groups excluding carboxylic acids is 2. The van der Waals surface area contributed by atoms with Crippen LogP contribution in [0.15, 0.2) is 0 Å². The molecule has 1 saturated heterocycles. The van der Waals surface area contributed by atoms with Crippen LogP contribution in [-0.2, 0) is 23.8 Å². The van der Waals surface area contributed by atoms with Crippen LogP contribution in [0.1, 0.15) is 64.2 Å². The highest BCUT2D eigenvalue weighted by molar-refractivity contribution is 5.69. The van der Waals surface area contributed by atoms with Gasteiger partial charge in [0.05, 0.1) is 13.2 Å². The SMILES string of the molecule is O=C1CCCCCCCCCCC(=O)OCCOCCO1. The average molecular weight is 300 g/mol. The van der Waals surface area contributed by atoms with Crippen molar-refractivity contribution in [3.05, 3.63) is 0 Å². The quantitative estimate of drug-likeness (QED) is 0.644. The fourth-order valence-corrected chi connectivity index (χ4v) is 2.27. The first-order valence-electron chi connectivity index (χ1n) is 8.18. The van der Waals surface area contributed by atoms with Crippen molar-refractivity contribution in [3.8, 4) is 0 Å². The van der Waals surface area contributed by atoms with Gasteiger partial charge in [-0.05, 0) is 12.8 Å². The maximum atomic E-state index is 11.4. The smallest absolute Gasteiger partial charge is 0.305 e. The molecular weight excluding hydrogens is 272 g/mol. The Morgan fingerprint density at radius 1 is 0.524 bits per heavy atom. The third kappa shape index (κ3) is 11.3. The summed E-state index contributed by atoms with van der Waals surface area (Å²) in [5.41, 5.74) is 0. The van der Waals surface area contributed by atoms with Crippen molar-refractivity contribution in [2.75, 3.05) is 26.4 Å². The molecule has 0 bridgehead atoms. The van der Waals surface area contributed by atoms with Gasteiger partial charge in [-0.25, -0.2) is 0 Å². The zero-order valence-corrected chi connectivity index (χ0v) is 12.9. The molecule has 1 fully saturated rings. The van der Waals surface area contributed by atoms with Crippen LogP contribution in [0.2, 0.25) is 0 Å². The Morgan fingerprint density at radius 2 is 0.905 bits per heavy atom.